The molecule has 0 aliphatic carbocycles. The summed E-state index contributed by atoms with van der Waals surface area (Å²) in [5.41, 5.74) is 2.97. The summed E-state index contributed by atoms with van der Waals surface area (Å²) in [5.74, 6) is 0.672. The first-order valence-electron chi connectivity index (χ1n) is 5.76. The summed E-state index contributed by atoms with van der Waals surface area (Å²) in [6, 6.07) is 9.39. The molecular formula is C13H19NS2. The zero-order chi connectivity index (χ0) is 11.7. The fourth-order valence-corrected chi connectivity index (χ4v) is 3.88. The van der Waals surface area contributed by atoms with E-state index < -0.39 is 0 Å². The molecule has 1 aromatic carbocycles. The van der Waals surface area contributed by atoms with Crippen molar-refractivity contribution in [2.24, 2.45) is 5.92 Å². The summed E-state index contributed by atoms with van der Waals surface area (Å²) in [5, 5.41) is 0. The van der Waals surface area contributed by atoms with Crippen LogP contribution < -0.4 is 0 Å². The van der Waals surface area contributed by atoms with Gasteiger partial charge in [-0.25, -0.2) is 4.31 Å². The van der Waals surface area contributed by atoms with E-state index in [1.54, 1.807) is 0 Å². The van der Waals surface area contributed by atoms with E-state index in [1.165, 1.54) is 11.1 Å². The maximum Gasteiger partial charge on any atom is 0.0349 e. The molecule has 3 heteroatoms. The average molecular weight is 253 g/mol. The van der Waals surface area contributed by atoms with Crippen molar-refractivity contribution in [1.29, 1.82) is 0 Å². The minimum absolute atomic E-state index is 0.0433. The molecule has 1 heterocycles. The Morgan fingerprint density at radius 1 is 1.31 bits per heavy atom. The fourth-order valence-electron chi connectivity index (χ4n) is 2.37. The molecule has 0 spiro atoms. The zero-order valence-electron chi connectivity index (χ0n) is 10.1. The third-order valence-corrected chi connectivity index (χ3v) is 4.98. The van der Waals surface area contributed by atoms with Gasteiger partial charge in [-0.3, -0.25) is 0 Å². The SMILES string of the molecule is CC(C)C1Cc2ccccc2CN1S(C)=S. The van der Waals surface area contributed by atoms with Gasteiger partial charge in [-0.2, -0.15) is 0 Å². The highest BCUT2D eigenvalue weighted by molar-refractivity contribution is 8.27. The summed E-state index contributed by atoms with van der Waals surface area (Å²) in [4.78, 5) is 0. The molecule has 16 heavy (non-hydrogen) atoms. The monoisotopic (exact) mass is 253 g/mol. The Morgan fingerprint density at radius 3 is 2.50 bits per heavy atom. The van der Waals surface area contributed by atoms with E-state index in [4.69, 9.17) is 11.2 Å². The molecule has 1 aliphatic rings. The molecule has 2 unspecified atom stereocenters. The van der Waals surface area contributed by atoms with Crippen LogP contribution in [0.2, 0.25) is 0 Å². The smallest absolute Gasteiger partial charge is 0.0349 e. The number of hydrogen-bond acceptors (Lipinski definition) is 1. The van der Waals surface area contributed by atoms with Gasteiger partial charge in [0.2, 0.25) is 0 Å². The van der Waals surface area contributed by atoms with Crippen LogP contribution in [0.4, 0.5) is 0 Å². The van der Waals surface area contributed by atoms with Crippen molar-refractivity contribution >= 4 is 20.8 Å². The Balaban J connectivity index is 2.33. The third-order valence-electron chi connectivity index (χ3n) is 3.34. The second-order valence-corrected chi connectivity index (χ2v) is 7.55. The van der Waals surface area contributed by atoms with Crippen LogP contribution in [0.15, 0.2) is 24.3 Å². The highest BCUT2D eigenvalue weighted by Crippen LogP contribution is 2.27. The van der Waals surface area contributed by atoms with Gasteiger partial charge in [-0.05, 0) is 34.7 Å². The van der Waals surface area contributed by atoms with Crippen LogP contribution in [0.5, 0.6) is 0 Å². The highest BCUT2D eigenvalue weighted by atomic mass is 32.8. The number of fused-ring (bicyclic) bond motifs is 1. The predicted molar refractivity (Wildman–Crippen MR) is 75.0 cm³/mol. The second-order valence-electron chi connectivity index (χ2n) is 4.78. The molecule has 0 fully saturated rings. The lowest BCUT2D eigenvalue weighted by atomic mass is 9.90. The molecule has 1 nitrogen and oxygen atoms in total. The quantitative estimate of drug-likeness (QED) is 0.797. The first kappa shape index (κ1) is 12.2. The maximum atomic E-state index is 5.48. The van der Waals surface area contributed by atoms with Crippen molar-refractivity contribution in [2.75, 3.05) is 6.26 Å². The minimum Gasteiger partial charge on any atom is -0.240 e. The van der Waals surface area contributed by atoms with Gasteiger partial charge in [0.1, 0.15) is 0 Å². The Labute approximate surface area is 106 Å². The van der Waals surface area contributed by atoms with Gasteiger partial charge < -0.3 is 0 Å². The Morgan fingerprint density at radius 2 is 1.94 bits per heavy atom. The van der Waals surface area contributed by atoms with Crippen LogP contribution in [0.25, 0.3) is 0 Å². The van der Waals surface area contributed by atoms with Gasteiger partial charge in [0.05, 0.1) is 0 Å². The summed E-state index contributed by atoms with van der Waals surface area (Å²) in [7, 11) is -0.0433. The Hall–Kier alpha value is -0.250. The molecule has 88 valence electrons. The summed E-state index contributed by atoms with van der Waals surface area (Å²) in [6.45, 7) is 5.63. The van der Waals surface area contributed by atoms with Gasteiger partial charge >= 0.3 is 0 Å². The van der Waals surface area contributed by atoms with Crippen LogP contribution in [0.3, 0.4) is 0 Å². The predicted octanol–water partition coefficient (Wildman–Crippen LogP) is 2.69. The van der Waals surface area contributed by atoms with E-state index in [0.29, 0.717) is 12.0 Å². The molecule has 0 amide bonds. The lowest BCUT2D eigenvalue weighted by Crippen LogP contribution is -2.43. The van der Waals surface area contributed by atoms with Crippen molar-refractivity contribution in [3.05, 3.63) is 35.4 Å². The molecule has 0 N–H and O–H groups in total. The second kappa shape index (κ2) is 4.94. The van der Waals surface area contributed by atoms with E-state index in [1.807, 2.05) is 0 Å². The van der Waals surface area contributed by atoms with Crippen molar-refractivity contribution < 1.29 is 0 Å². The summed E-state index contributed by atoms with van der Waals surface area (Å²) in [6.07, 6.45) is 3.31. The first-order chi connectivity index (χ1) is 7.59. The highest BCUT2D eigenvalue weighted by Gasteiger charge is 2.28. The molecule has 2 rings (SSSR count). The van der Waals surface area contributed by atoms with Gasteiger partial charge in [0.25, 0.3) is 0 Å². The van der Waals surface area contributed by atoms with Crippen LogP contribution >= 0.6 is 0 Å². The van der Waals surface area contributed by atoms with Crippen molar-refractivity contribution in [2.45, 2.75) is 32.9 Å². The summed E-state index contributed by atoms with van der Waals surface area (Å²) < 4.78 is 2.49. The van der Waals surface area contributed by atoms with Gasteiger partial charge in [-0.15, -0.1) is 0 Å². The number of hydrogen-bond donors (Lipinski definition) is 0. The number of nitrogens with zero attached hydrogens (tertiary/aromatic N) is 1. The largest absolute Gasteiger partial charge is 0.240 e. The number of benzene rings is 1. The third kappa shape index (κ3) is 2.36. The van der Waals surface area contributed by atoms with E-state index in [2.05, 4.69) is 48.7 Å². The van der Waals surface area contributed by atoms with Crippen molar-refractivity contribution in [1.82, 2.24) is 4.31 Å². The summed E-state index contributed by atoms with van der Waals surface area (Å²) >= 11 is 5.48. The number of rotatable bonds is 2. The molecule has 0 saturated carbocycles. The topological polar surface area (TPSA) is 3.24 Å². The zero-order valence-corrected chi connectivity index (χ0v) is 11.8. The molecule has 0 bridgehead atoms. The molecule has 0 aromatic heterocycles. The molecule has 0 radical (unpaired) electrons. The van der Waals surface area contributed by atoms with Crippen LogP contribution in [-0.4, -0.2) is 16.6 Å². The van der Waals surface area contributed by atoms with Gasteiger partial charge in [-0.1, -0.05) is 47.8 Å². The molecule has 1 aromatic rings. The Bertz CT molecular complexity index is 401. The molecule has 2 atom stereocenters. The van der Waals surface area contributed by atoms with Crippen LogP contribution in [-0.2, 0) is 33.8 Å². The van der Waals surface area contributed by atoms with Crippen molar-refractivity contribution in [3.63, 3.8) is 0 Å². The van der Waals surface area contributed by atoms with Crippen molar-refractivity contribution in [3.8, 4) is 0 Å². The Kier molecular flexibility index (Phi) is 3.77. The van der Waals surface area contributed by atoms with E-state index in [0.717, 1.165) is 13.0 Å². The lowest BCUT2D eigenvalue weighted by Gasteiger charge is -2.38. The molecule has 1 aliphatic heterocycles. The average Bonchev–Trinajstić information content (AvgIpc) is 2.27. The van der Waals surface area contributed by atoms with E-state index >= 15 is 0 Å². The van der Waals surface area contributed by atoms with Crippen LogP contribution in [0, 0.1) is 5.92 Å². The molecular weight excluding hydrogens is 234 g/mol. The first-order valence-corrected chi connectivity index (χ1v) is 8.28. The van der Waals surface area contributed by atoms with Gasteiger partial charge in [0.15, 0.2) is 0 Å². The van der Waals surface area contributed by atoms with Crippen LogP contribution in [0.1, 0.15) is 25.0 Å². The minimum atomic E-state index is -0.0433. The van der Waals surface area contributed by atoms with E-state index in [-0.39, 0.29) is 9.64 Å². The lowest BCUT2D eigenvalue weighted by molar-refractivity contribution is 0.254. The van der Waals surface area contributed by atoms with E-state index in [9.17, 15) is 0 Å². The standard InChI is InChI=1S/C13H19NS2/c1-10(2)13-8-11-6-4-5-7-12(11)9-14(13)16(3)15/h4-7,10,13H,8-9H2,1-3H3. The van der Waals surface area contributed by atoms with Gasteiger partial charge in [0, 0.05) is 18.8 Å². The molecule has 0 saturated heterocycles. The normalized spacial score (nSPS) is 23.1. The maximum absolute atomic E-state index is 5.48. The fraction of sp³-hybridized carbons (Fsp3) is 0.538.